The van der Waals surface area contributed by atoms with Crippen molar-refractivity contribution in [3.05, 3.63) is 54.2 Å². The zero-order chi connectivity index (χ0) is 11.9. The minimum absolute atomic E-state index is 0.00653. The number of amides is 1. The molecular weight excluding hydrogens is 216 g/mol. The molecule has 0 aromatic carbocycles. The van der Waals surface area contributed by atoms with Gasteiger partial charge in [0.2, 0.25) is 5.91 Å². The summed E-state index contributed by atoms with van der Waals surface area (Å²) in [6, 6.07) is 9.32. The molecule has 88 valence electrons. The third-order valence-electron chi connectivity index (χ3n) is 2.37. The molecule has 2 heterocycles. The van der Waals surface area contributed by atoms with Gasteiger partial charge in [-0.2, -0.15) is 0 Å². The lowest BCUT2D eigenvalue weighted by atomic mass is 10.2. The number of aromatic nitrogens is 1. The monoisotopic (exact) mass is 230 g/mol. The summed E-state index contributed by atoms with van der Waals surface area (Å²) in [4.78, 5) is 15.7. The van der Waals surface area contributed by atoms with Gasteiger partial charge in [-0.25, -0.2) is 0 Å². The second kappa shape index (κ2) is 5.84. The summed E-state index contributed by atoms with van der Waals surface area (Å²) in [7, 11) is 0. The Bertz CT molecular complexity index is 452. The van der Waals surface area contributed by atoms with Crippen molar-refractivity contribution >= 4 is 5.91 Å². The number of rotatable bonds is 5. The summed E-state index contributed by atoms with van der Waals surface area (Å²) in [5.74, 6) is 0.838. The van der Waals surface area contributed by atoms with E-state index >= 15 is 0 Å². The first-order chi connectivity index (χ1) is 8.34. The molecule has 0 aliphatic heterocycles. The highest BCUT2D eigenvalue weighted by Gasteiger charge is 2.03. The van der Waals surface area contributed by atoms with Crippen molar-refractivity contribution in [2.45, 2.75) is 19.4 Å². The number of carbonyl (C=O) groups is 1. The molecule has 2 aromatic rings. The van der Waals surface area contributed by atoms with E-state index in [-0.39, 0.29) is 5.91 Å². The topological polar surface area (TPSA) is 55.1 Å². The number of pyridine rings is 1. The molecule has 0 saturated heterocycles. The van der Waals surface area contributed by atoms with E-state index in [1.165, 1.54) is 0 Å². The fourth-order valence-corrected chi connectivity index (χ4v) is 1.47. The van der Waals surface area contributed by atoms with Crippen molar-refractivity contribution in [3.63, 3.8) is 0 Å². The van der Waals surface area contributed by atoms with Gasteiger partial charge in [0, 0.05) is 19.0 Å². The Morgan fingerprint density at radius 3 is 2.94 bits per heavy atom. The standard InChI is InChI=1S/C13H14N2O2/c16-13(7-6-12-5-3-9-17-12)15-10-11-4-1-2-8-14-11/h1-5,8-9H,6-7,10H2,(H,15,16). The number of hydrogen-bond donors (Lipinski definition) is 1. The fraction of sp³-hybridized carbons (Fsp3) is 0.231. The predicted octanol–water partition coefficient (Wildman–Crippen LogP) is 1.92. The van der Waals surface area contributed by atoms with E-state index in [9.17, 15) is 4.79 Å². The molecule has 0 aliphatic rings. The van der Waals surface area contributed by atoms with Crippen molar-refractivity contribution in [3.8, 4) is 0 Å². The van der Waals surface area contributed by atoms with E-state index in [1.54, 1.807) is 12.5 Å². The Hall–Kier alpha value is -2.10. The first-order valence-electron chi connectivity index (χ1n) is 5.53. The summed E-state index contributed by atoms with van der Waals surface area (Å²) in [5, 5.41) is 2.82. The molecule has 4 nitrogen and oxygen atoms in total. The van der Waals surface area contributed by atoms with Gasteiger partial charge in [0.25, 0.3) is 0 Å². The number of furan rings is 1. The largest absolute Gasteiger partial charge is 0.469 e. The number of nitrogens with zero attached hydrogens (tertiary/aromatic N) is 1. The fourth-order valence-electron chi connectivity index (χ4n) is 1.47. The van der Waals surface area contributed by atoms with E-state index in [2.05, 4.69) is 10.3 Å². The van der Waals surface area contributed by atoms with Gasteiger partial charge in [-0.05, 0) is 24.3 Å². The van der Waals surface area contributed by atoms with Gasteiger partial charge in [0.1, 0.15) is 5.76 Å². The predicted molar refractivity (Wildman–Crippen MR) is 63.1 cm³/mol. The van der Waals surface area contributed by atoms with Crippen LogP contribution < -0.4 is 5.32 Å². The quantitative estimate of drug-likeness (QED) is 0.853. The molecule has 0 radical (unpaired) electrons. The Morgan fingerprint density at radius 1 is 1.29 bits per heavy atom. The molecule has 0 saturated carbocycles. The lowest BCUT2D eigenvalue weighted by Crippen LogP contribution is -2.23. The summed E-state index contributed by atoms with van der Waals surface area (Å²) in [5.41, 5.74) is 0.860. The van der Waals surface area contributed by atoms with E-state index in [0.29, 0.717) is 19.4 Å². The first kappa shape index (κ1) is 11.4. The van der Waals surface area contributed by atoms with E-state index in [0.717, 1.165) is 11.5 Å². The molecule has 17 heavy (non-hydrogen) atoms. The second-order valence-corrected chi connectivity index (χ2v) is 3.68. The third-order valence-corrected chi connectivity index (χ3v) is 2.37. The van der Waals surface area contributed by atoms with Gasteiger partial charge in [0.15, 0.2) is 0 Å². The highest BCUT2D eigenvalue weighted by Crippen LogP contribution is 2.03. The normalized spacial score (nSPS) is 10.1. The lowest BCUT2D eigenvalue weighted by molar-refractivity contribution is -0.121. The number of aryl methyl sites for hydroxylation is 1. The maximum atomic E-state index is 11.5. The molecule has 1 N–H and O–H groups in total. The smallest absolute Gasteiger partial charge is 0.220 e. The summed E-state index contributed by atoms with van der Waals surface area (Å²) in [6.07, 6.45) is 4.38. The van der Waals surface area contributed by atoms with Crippen molar-refractivity contribution in [2.24, 2.45) is 0 Å². The van der Waals surface area contributed by atoms with E-state index in [1.807, 2.05) is 30.3 Å². The molecule has 0 bridgehead atoms. The molecule has 0 atom stereocenters. The van der Waals surface area contributed by atoms with Crippen LogP contribution in [-0.4, -0.2) is 10.9 Å². The zero-order valence-electron chi connectivity index (χ0n) is 9.43. The molecular formula is C13H14N2O2. The molecule has 0 fully saturated rings. The average molecular weight is 230 g/mol. The Labute approximate surface area is 99.7 Å². The number of carbonyl (C=O) groups excluding carboxylic acids is 1. The molecule has 2 rings (SSSR count). The van der Waals surface area contributed by atoms with Gasteiger partial charge >= 0.3 is 0 Å². The Balaban J connectivity index is 1.71. The van der Waals surface area contributed by atoms with Crippen LogP contribution in [0.2, 0.25) is 0 Å². The molecule has 4 heteroatoms. The van der Waals surface area contributed by atoms with E-state index < -0.39 is 0 Å². The van der Waals surface area contributed by atoms with Crippen LogP contribution in [0, 0.1) is 0 Å². The molecule has 0 aliphatic carbocycles. The molecule has 0 spiro atoms. The van der Waals surface area contributed by atoms with Crippen LogP contribution in [0.15, 0.2) is 47.2 Å². The maximum absolute atomic E-state index is 11.5. The summed E-state index contributed by atoms with van der Waals surface area (Å²) >= 11 is 0. The van der Waals surface area contributed by atoms with Gasteiger partial charge in [-0.1, -0.05) is 6.07 Å². The van der Waals surface area contributed by atoms with Gasteiger partial charge in [0.05, 0.1) is 18.5 Å². The Kier molecular flexibility index (Phi) is 3.91. The minimum Gasteiger partial charge on any atom is -0.469 e. The van der Waals surface area contributed by atoms with Crippen LogP contribution in [0.25, 0.3) is 0 Å². The van der Waals surface area contributed by atoms with Gasteiger partial charge in [-0.15, -0.1) is 0 Å². The average Bonchev–Trinajstić information content (AvgIpc) is 2.88. The van der Waals surface area contributed by atoms with E-state index in [4.69, 9.17) is 4.42 Å². The maximum Gasteiger partial charge on any atom is 0.220 e. The molecule has 1 amide bonds. The first-order valence-corrected chi connectivity index (χ1v) is 5.53. The van der Waals surface area contributed by atoms with Crippen molar-refractivity contribution < 1.29 is 9.21 Å². The molecule has 2 aromatic heterocycles. The van der Waals surface area contributed by atoms with Crippen LogP contribution in [-0.2, 0) is 17.8 Å². The lowest BCUT2D eigenvalue weighted by Gasteiger charge is -2.03. The number of nitrogens with one attached hydrogen (secondary N) is 1. The van der Waals surface area contributed by atoms with Gasteiger partial charge in [-0.3, -0.25) is 9.78 Å². The van der Waals surface area contributed by atoms with Crippen LogP contribution in [0.5, 0.6) is 0 Å². The second-order valence-electron chi connectivity index (χ2n) is 3.68. The van der Waals surface area contributed by atoms with Crippen molar-refractivity contribution in [1.29, 1.82) is 0 Å². The van der Waals surface area contributed by atoms with Crippen LogP contribution in [0.1, 0.15) is 17.9 Å². The third kappa shape index (κ3) is 3.75. The van der Waals surface area contributed by atoms with Gasteiger partial charge < -0.3 is 9.73 Å². The van der Waals surface area contributed by atoms with Crippen molar-refractivity contribution in [2.75, 3.05) is 0 Å². The van der Waals surface area contributed by atoms with Crippen LogP contribution in [0.4, 0.5) is 0 Å². The highest BCUT2D eigenvalue weighted by molar-refractivity contribution is 5.75. The number of hydrogen-bond acceptors (Lipinski definition) is 3. The highest BCUT2D eigenvalue weighted by atomic mass is 16.3. The summed E-state index contributed by atoms with van der Waals surface area (Å²) < 4.78 is 5.15. The zero-order valence-corrected chi connectivity index (χ0v) is 9.43. The van der Waals surface area contributed by atoms with Crippen LogP contribution in [0.3, 0.4) is 0 Å². The Morgan fingerprint density at radius 2 is 2.24 bits per heavy atom. The summed E-state index contributed by atoms with van der Waals surface area (Å²) in [6.45, 7) is 0.470. The van der Waals surface area contributed by atoms with Crippen LogP contribution >= 0.6 is 0 Å². The minimum atomic E-state index is 0.00653. The van der Waals surface area contributed by atoms with Crippen molar-refractivity contribution in [1.82, 2.24) is 10.3 Å². The SMILES string of the molecule is O=C(CCc1ccco1)NCc1ccccn1. The molecule has 0 unspecified atom stereocenters.